The van der Waals surface area contributed by atoms with Crippen LogP contribution < -0.4 is 5.32 Å². The molecule has 0 fully saturated rings. The van der Waals surface area contributed by atoms with Crippen molar-refractivity contribution in [1.29, 1.82) is 0 Å². The molecule has 0 saturated heterocycles. The standard InChI is InChI=1S/C14H16N6O/c1-19-10-8-11(18-19)15-14(21)7-4-6-13-17-16-12-5-2-3-9-20(12)13/h2-3,5,8-10H,4,6-7H2,1H3,(H,15,18,21). The minimum atomic E-state index is -0.0393. The molecule has 3 aromatic rings. The molecular weight excluding hydrogens is 268 g/mol. The van der Waals surface area contributed by atoms with Crippen molar-refractivity contribution in [1.82, 2.24) is 24.4 Å². The molecule has 1 amide bonds. The lowest BCUT2D eigenvalue weighted by Crippen LogP contribution is -2.12. The fourth-order valence-corrected chi connectivity index (χ4v) is 2.16. The van der Waals surface area contributed by atoms with E-state index in [1.54, 1.807) is 16.9 Å². The molecule has 1 N–H and O–H groups in total. The summed E-state index contributed by atoms with van der Waals surface area (Å²) in [5.41, 5.74) is 0.824. The molecule has 0 aliphatic rings. The summed E-state index contributed by atoms with van der Waals surface area (Å²) in [6.07, 6.45) is 5.57. The van der Waals surface area contributed by atoms with Gasteiger partial charge in [-0.05, 0) is 18.6 Å². The molecule has 7 heteroatoms. The summed E-state index contributed by atoms with van der Waals surface area (Å²) in [5.74, 6) is 1.41. The fraction of sp³-hybridized carbons (Fsp3) is 0.286. The van der Waals surface area contributed by atoms with Gasteiger partial charge in [0.1, 0.15) is 5.82 Å². The Kier molecular flexibility index (Phi) is 3.63. The Morgan fingerprint density at radius 2 is 2.14 bits per heavy atom. The highest BCUT2D eigenvalue weighted by molar-refractivity contribution is 5.89. The van der Waals surface area contributed by atoms with Gasteiger partial charge in [0.05, 0.1) is 0 Å². The lowest BCUT2D eigenvalue weighted by molar-refractivity contribution is -0.116. The molecule has 0 spiro atoms. The van der Waals surface area contributed by atoms with Gasteiger partial charge in [-0.15, -0.1) is 10.2 Å². The summed E-state index contributed by atoms with van der Waals surface area (Å²) in [6.45, 7) is 0. The van der Waals surface area contributed by atoms with Crippen LogP contribution >= 0.6 is 0 Å². The van der Waals surface area contributed by atoms with Crippen LogP contribution in [0, 0.1) is 0 Å². The predicted octanol–water partition coefficient (Wildman–Crippen LogP) is 1.42. The van der Waals surface area contributed by atoms with Crippen molar-refractivity contribution in [2.24, 2.45) is 7.05 Å². The van der Waals surface area contributed by atoms with Gasteiger partial charge >= 0.3 is 0 Å². The molecule has 0 saturated carbocycles. The van der Waals surface area contributed by atoms with Gasteiger partial charge in [-0.2, -0.15) is 5.10 Å². The van der Waals surface area contributed by atoms with E-state index in [1.165, 1.54) is 0 Å². The number of carbonyl (C=O) groups is 1. The number of rotatable bonds is 5. The van der Waals surface area contributed by atoms with Gasteiger partial charge in [0, 0.05) is 38.3 Å². The van der Waals surface area contributed by atoms with Crippen LogP contribution in [0.1, 0.15) is 18.7 Å². The number of amides is 1. The molecule has 0 unspecified atom stereocenters. The van der Waals surface area contributed by atoms with Gasteiger partial charge in [-0.25, -0.2) is 0 Å². The van der Waals surface area contributed by atoms with Gasteiger partial charge in [-0.3, -0.25) is 13.9 Å². The Morgan fingerprint density at radius 1 is 1.24 bits per heavy atom. The molecule has 3 rings (SSSR count). The maximum absolute atomic E-state index is 11.8. The van der Waals surface area contributed by atoms with Crippen LogP contribution in [-0.2, 0) is 18.3 Å². The van der Waals surface area contributed by atoms with Crippen molar-refractivity contribution >= 4 is 17.4 Å². The third-order valence-electron chi connectivity index (χ3n) is 3.17. The first-order valence-corrected chi connectivity index (χ1v) is 6.80. The highest BCUT2D eigenvalue weighted by Crippen LogP contribution is 2.08. The second-order valence-electron chi connectivity index (χ2n) is 4.82. The zero-order valence-electron chi connectivity index (χ0n) is 11.7. The van der Waals surface area contributed by atoms with Crippen LogP contribution in [0.25, 0.3) is 5.65 Å². The van der Waals surface area contributed by atoms with Crippen molar-refractivity contribution < 1.29 is 4.79 Å². The molecule has 0 aliphatic heterocycles. The number of pyridine rings is 1. The number of nitrogens with one attached hydrogen (secondary N) is 1. The summed E-state index contributed by atoms with van der Waals surface area (Å²) in [7, 11) is 1.81. The fourth-order valence-electron chi connectivity index (χ4n) is 2.16. The summed E-state index contributed by atoms with van der Waals surface area (Å²) >= 11 is 0. The average molecular weight is 284 g/mol. The van der Waals surface area contributed by atoms with Crippen molar-refractivity contribution in [3.63, 3.8) is 0 Å². The molecule has 3 aromatic heterocycles. The number of nitrogens with zero attached hydrogens (tertiary/aromatic N) is 5. The molecule has 21 heavy (non-hydrogen) atoms. The summed E-state index contributed by atoms with van der Waals surface area (Å²) in [6, 6.07) is 7.54. The van der Waals surface area contributed by atoms with Crippen molar-refractivity contribution in [3.8, 4) is 0 Å². The molecule has 7 nitrogen and oxygen atoms in total. The van der Waals surface area contributed by atoms with E-state index < -0.39 is 0 Å². The average Bonchev–Trinajstić information content (AvgIpc) is 3.06. The van der Waals surface area contributed by atoms with Crippen LogP contribution in [0.2, 0.25) is 0 Å². The SMILES string of the molecule is Cn1ccc(NC(=O)CCCc2nnc3ccccn23)n1. The highest BCUT2D eigenvalue weighted by atomic mass is 16.1. The third-order valence-corrected chi connectivity index (χ3v) is 3.17. The number of fused-ring (bicyclic) bond motifs is 1. The van der Waals surface area contributed by atoms with E-state index in [0.29, 0.717) is 25.1 Å². The van der Waals surface area contributed by atoms with E-state index in [4.69, 9.17) is 0 Å². The smallest absolute Gasteiger partial charge is 0.225 e. The first kappa shape index (κ1) is 13.3. The maximum Gasteiger partial charge on any atom is 0.225 e. The zero-order valence-corrected chi connectivity index (χ0v) is 11.7. The molecular formula is C14H16N6O. The first-order chi connectivity index (χ1) is 10.2. The summed E-state index contributed by atoms with van der Waals surface area (Å²) < 4.78 is 3.59. The van der Waals surface area contributed by atoms with Crippen LogP contribution in [-0.4, -0.2) is 30.3 Å². The molecule has 108 valence electrons. The van der Waals surface area contributed by atoms with Crippen molar-refractivity contribution in [3.05, 3.63) is 42.5 Å². The van der Waals surface area contributed by atoms with Crippen molar-refractivity contribution in [2.75, 3.05) is 5.32 Å². The van der Waals surface area contributed by atoms with E-state index in [0.717, 1.165) is 11.5 Å². The Bertz CT molecular complexity index is 760. The number of aromatic nitrogens is 5. The van der Waals surface area contributed by atoms with Gasteiger partial charge < -0.3 is 5.32 Å². The van der Waals surface area contributed by atoms with Gasteiger partial charge in [0.25, 0.3) is 0 Å². The van der Waals surface area contributed by atoms with Crippen LogP contribution in [0.4, 0.5) is 5.82 Å². The Morgan fingerprint density at radius 3 is 2.95 bits per heavy atom. The largest absolute Gasteiger partial charge is 0.309 e. The quantitative estimate of drug-likeness (QED) is 0.768. The lowest BCUT2D eigenvalue weighted by Gasteiger charge is -2.02. The Balaban J connectivity index is 1.53. The zero-order chi connectivity index (χ0) is 14.7. The highest BCUT2D eigenvalue weighted by Gasteiger charge is 2.07. The van der Waals surface area contributed by atoms with E-state index in [-0.39, 0.29) is 5.91 Å². The second kappa shape index (κ2) is 5.74. The molecule has 0 aromatic carbocycles. The minimum Gasteiger partial charge on any atom is -0.309 e. The van der Waals surface area contributed by atoms with Crippen molar-refractivity contribution in [2.45, 2.75) is 19.3 Å². The maximum atomic E-state index is 11.8. The topological polar surface area (TPSA) is 77.1 Å². The van der Waals surface area contributed by atoms with E-state index in [9.17, 15) is 4.79 Å². The first-order valence-electron chi connectivity index (χ1n) is 6.80. The van der Waals surface area contributed by atoms with Crippen LogP contribution in [0.3, 0.4) is 0 Å². The Labute approximate surface area is 121 Å². The van der Waals surface area contributed by atoms with Crippen LogP contribution in [0.5, 0.6) is 0 Å². The number of carbonyl (C=O) groups excluding carboxylic acids is 1. The summed E-state index contributed by atoms with van der Waals surface area (Å²) in [4.78, 5) is 11.8. The van der Waals surface area contributed by atoms with Gasteiger partial charge in [-0.1, -0.05) is 6.07 Å². The molecule has 0 bridgehead atoms. The van der Waals surface area contributed by atoms with Gasteiger partial charge in [0.15, 0.2) is 11.5 Å². The van der Waals surface area contributed by atoms with Gasteiger partial charge in [0.2, 0.25) is 5.91 Å². The lowest BCUT2D eigenvalue weighted by atomic mass is 10.2. The number of anilines is 1. The monoisotopic (exact) mass is 284 g/mol. The molecule has 3 heterocycles. The van der Waals surface area contributed by atoms with E-state index in [1.807, 2.05) is 35.8 Å². The second-order valence-corrected chi connectivity index (χ2v) is 4.82. The normalized spacial score (nSPS) is 10.9. The molecule has 0 radical (unpaired) electrons. The van der Waals surface area contributed by atoms with E-state index in [2.05, 4.69) is 20.6 Å². The van der Waals surface area contributed by atoms with Crippen LogP contribution in [0.15, 0.2) is 36.7 Å². The summed E-state index contributed by atoms with van der Waals surface area (Å²) in [5, 5.41) is 15.1. The van der Waals surface area contributed by atoms with E-state index >= 15 is 0 Å². The number of hydrogen-bond acceptors (Lipinski definition) is 4. The molecule has 0 atom stereocenters. The Hall–Kier alpha value is -2.70. The minimum absolute atomic E-state index is 0.0393. The molecule has 0 aliphatic carbocycles. The number of aryl methyl sites for hydroxylation is 2. The number of hydrogen-bond donors (Lipinski definition) is 1. The predicted molar refractivity (Wildman–Crippen MR) is 77.8 cm³/mol. The third kappa shape index (κ3) is 3.07.